The van der Waals surface area contributed by atoms with Crippen LogP contribution < -0.4 is 0 Å². The van der Waals surface area contributed by atoms with E-state index in [1.165, 1.54) is 19.3 Å². The quantitative estimate of drug-likeness (QED) is 0.705. The van der Waals surface area contributed by atoms with E-state index in [1.54, 1.807) is 0 Å². The van der Waals surface area contributed by atoms with E-state index in [9.17, 15) is 0 Å². The first-order valence-electron chi connectivity index (χ1n) is 5.84. The van der Waals surface area contributed by atoms with Crippen molar-refractivity contribution in [3.63, 3.8) is 0 Å². The Morgan fingerprint density at radius 1 is 1.20 bits per heavy atom. The molecule has 1 N–H and O–H groups in total. The highest BCUT2D eigenvalue weighted by molar-refractivity contribution is 5.08. The maximum absolute atomic E-state index is 8.82. The van der Waals surface area contributed by atoms with Gasteiger partial charge in [0.25, 0.3) is 0 Å². The molecule has 0 atom stereocenters. The fourth-order valence-electron chi connectivity index (χ4n) is 1.64. The maximum atomic E-state index is 8.82. The van der Waals surface area contributed by atoms with Gasteiger partial charge in [-0.15, -0.1) is 0 Å². The second kappa shape index (κ2) is 6.62. The van der Waals surface area contributed by atoms with Crippen LogP contribution in [0.4, 0.5) is 0 Å². The third-order valence-corrected chi connectivity index (χ3v) is 2.53. The normalized spacial score (nSPS) is 10.9. The van der Waals surface area contributed by atoms with Gasteiger partial charge in [-0.1, -0.05) is 26.2 Å². The van der Waals surface area contributed by atoms with Crippen LogP contribution >= 0.6 is 0 Å². The lowest BCUT2D eigenvalue weighted by molar-refractivity contribution is 0.297. The minimum atomic E-state index is 0.142. The molecule has 0 fully saturated rings. The van der Waals surface area contributed by atoms with Gasteiger partial charge in [0, 0.05) is 19.4 Å². The van der Waals surface area contributed by atoms with Crippen LogP contribution in [0.5, 0.6) is 0 Å². The molecule has 0 saturated carbocycles. The van der Waals surface area contributed by atoms with Crippen molar-refractivity contribution < 1.29 is 9.52 Å². The summed E-state index contributed by atoms with van der Waals surface area (Å²) < 4.78 is 5.53. The number of nitrogens with zero attached hydrogens (tertiary/aromatic N) is 1. The molecule has 1 aromatic heterocycles. The van der Waals surface area contributed by atoms with E-state index in [0.717, 1.165) is 30.2 Å². The standard InChI is InChI=1S/C12H21NO2/c1-3-4-5-6-7-12-13-11(8-9-14)10(2)15-12/h14H,3-9H2,1-2H3. The Morgan fingerprint density at radius 2 is 2.00 bits per heavy atom. The van der Waals surface area contributed by atoms with Crippen molar-refractivity contribution in [2.75, 3.05) is 6.61 Å². The minimum absolute atomic E-state index is 0.142. The molecule has 0 saturated heterocycles. The topological polar surface area (TPSA) is 46.3 Å². The molecule has 0 unspecified atom stereocenters. The summed E-state index contributed by atoms with van der Waals surface area (Å²) in [6, 6.07) is 0. The second-order valence-electron chi connectivity index (χ2n) is 3.89. The summed E-state index contributed by atoms with van der Waals surface area (Å²) in [6.07, 6.45) is 6.44. The number of aliphatic hydroxyl groups excluding tert-OH is 1. The van der Waals surface area contributed by atoms with E-state index in [2.05, 4.69) is 11.9 Å². The minimum Gasteiger partial charge on any atom is -0.446 e. The molecular formula is C12H21NO2. The van der Waals surface area contributed by atoms with Gasteiger partial charge < -0.3 is 9.52 Å². The maximum Gasteiger partial charge on any atom is 0.194 e. The van der Waals surface area contributed by atoms with Crippen LogP contribution in [0.25, 0.3) is 0 Å². The summed E-state index contributed by atoms with van der Waals surface area (Å²) in [5, 5.41) is 8.82. The summed E-state index contributed by atoms with van der Waals surface area (Å²) in [7, 11) is 0. The predicted octanol–water partition coefficient (Wildman–Crippen LogP) is 2.64. The highest BCUT2D eigenvalue weighted by Crippen LogP contribution is 2.13. The first-order valence-corrected chi connectivity index (χ1v) is 5.84. The summed E-state index contributed by atoms with van der Waals surface area (Å²) >= 11 is 0. The van der Waals surface area contributed by atoms with Gasteiger partial charge in [-0.05, 0) is 13.3 Å². The van der Waals surface area contributed by atoms with E-state index >= 15 is 0 Å². The Kier molecular flexibility index (Phi) is 5.40. The summed E-state index contributed by atoms with van der Waals surface area (Å²) in [5.74, 6) is 1.68. The predicted molar refractivity (Wildman–Crippen MR) is 59.9 cm³/mol. The molecule has 0 aliphatic carbocycles. The van der Waals surface area contributed by atoms with Gasteiger partial charge in [-0.3, -0.25) is 0 Å². The Morgan fingerprint density at radius 3 is 2.67 bits per heavy atom. The molecule has 3 nitrogen and oxygen atoms in total. The molecule has 0 aliphatic heterocycles. The highest BCUT2D eigenvalue weighted by Gasteiger charge is 2.08. The number of unbranched alkanes of at least 4 members (excludes halogenated alkanes) is 3. The lowest BCUT2D eigenvalue weighted by atomic mass is 10.1. The molecule has 0 aromatic carbocycles. The highest BCUT2D eigenvalue weighted by atomic mass is 16.4. The lowest BCUT2D eigenvalue weighted by Gasteiger charge is -1.95. The fraction of sp³-hybridized carbons (Fsp3) is 0.750. The van der Waals surface area contributed by atoms with Gasteiger partial charge in [0.1, 0.15) is 5.76 Å². The number of aryl methyl sites for hydroxylation is 2. The molecule has 0 bridgehead atoms. The van der Waals surface area contributed by atoms with Crippen molar-refractivity contribution in [3.8, 4) is 0 Å². The first-order chi connectivity index (χ1) is 7.27. The number of aliphatic hydroxyl groups is 1. The molecule has 3 heteroatoms. The van der Waals surface area contributed by atoms with Gasteiger partial charge in [0.05, 0.1) is 5.69 Å². The molecular weight excluding hydrogens is 190 g/mol. The molecule has 0 spiro atoms. The van der Waals surface area contributed by atoms with Crippen molar-refractivity contribution in [1.82, 2.24) is 4.98 Å². The third kappa shape index (κ3) is 4.04. The Hall–Kier alpha value is -0.830. The molecule has 1 heterocycles. The molecule has 0 radical (unpaired) electrons. The summed E-state index contributed by atoms with van der Waals surface area (Å²) in [5.41, 5.74) is 0.906. The molecule has 1 aromatic rings. The van der Waals surface area contributed by atoms with Crippen LogP contribution in [0.2, 0.25) is 0 Å². The Bertz CT molecular complexity index is 281. The average molecular weight is 211 g/mol. The monoisotopic (exact) mass is 211 g/mol. The number of hydrogen-bond donors (Lipinski definition) is 1. The van der Waals surface area contributed by atoms with Crippen molar-refractivity contribution >= 4 is 0 Å². The Balaban J connectivity index is 2.37. The SMILES string of the molecule is CCCCCCc1nc(CCO)c(C)o1. The average Bonchev–Trinajstić information content (AvgIpc) is 2.55. The third-order valence-electron chi connectivity index (χ3n) is 2.53. The number of oxazole rings is 1. The fourth-order valence-corrected chi connectivity index (χ4v) is 1.64. The zero-order valence-corrected chi connectivity index (χ0v) is 9.75. The second-order valence-corrected chi connectivity index (χ2v) is 3.89. The van der Waals surface area contributed by atoms with Crippen LogP contribution in [0.1, 0.15) is 50.0 Å². The van der Waals surface area contributed by atoms with Crippen molar-refractivity contribution in [1.29, 1.82) is 0 Å². The Labute approximate surface area is 91.5 Å². The van der Waals surface area contributed by atoms with Gasteiger partial charge in [-0.2, -0.15) is 0 Å². The molecule has 86 valence electrons. The molecule has 0 aliphatic rings. The largest absolute Gasteiger partial charge is 0.446 e. The van der Waals surface area contributed by atoms with Gasteiger partial charge in [0.2, 0.25) is 0 Å². The summed E-state index contributed by atoms with van der Waals surface area (Å²) in [4.78, 5) is 4.37. The molecule has 0 amide bonds. The molecule has 1 rings (SSSR count). The van der Waals surface area contributed by atoms with Crippen molar-refractivity contribution in [3.05, 3.63) is 17.3 Å². The summed E-state index contributed by atoms with van der Waals surface area (Å²) in [6.45, 7) is 4.25. The van der Waals surface area contributed by atoms with Crippen LogP contribution in [0.3, 0.4) is 0 Å². The van der Waals surface area contributed by atoms with Crippen LogP contribution in [0.15, 0.2) is 4.42 Å². The van der Waals surface area contributed by atoms with Crippen LogP contribution in [0, 0.1) is 6.92 Å². The van der Waals surface area contributed by atoms with E-state index < -0.39 is 0 Å². The number of rotatable bonds is 7. The van der Waals surface area contributed by atoms with Gasteiger partial charge in [0.15, 0.2) is 5.89 Å². The van der Waals surface area contributed by atoms with Crippen LogP contribution in [-0.2, 0) is 12.8 Å². The van der Waals surface area contributed by atoms with Gasteiger partial charge >= 0.3 is 0 Å². The van der Waals surface area contributed by atoms with E-state index in [-0.39, 0.29) is 6.61 Å². The molecule has 15 heavy (non-hydrogen) atoms. The van der Waals surface area contributed by atoms with Gasteiger partial charge in [-0.25, -0.2) is 4.98 Å². The zero-order chi connectivity index (χ0) is 11.1. The number of hydrogen-bond acceptors (Lipinski definition) is 3. The van der Waals surface area contributed by atoms with E-state index in [1.807, 2.05) is 6.92 Å². The van der Waals surface area contributed by atoms with Crippen molar-refractivity contribution in [2.45, 2.75) is 52.4 Å². The van der Waals surface area contributed by atoms with Crippen molar-refractivity contribution in [2.24, 2.45) is 0 Å². The lowest BCUT2D eigenvalue weighted by Crippen LogP contribution is -1.93. The zero-order valence-electron chi connectivity index (χ0n) is 9.75. The smallest absolute Gasteiger partial charge is 0.194 e. The first kappa shape index (κ1) is 12.2. The van der Waals surface area contributed by atoms with E-state index in [0.29, 0.717) is 6.42 Å². The van der Waals surface area contributed by atoms with Crippen LogP contribution in [-0.4, -0.2) is 16.7 Å². The number of aromatic nitrogens is 1. The van der Waals surface area contributed by atoms with E-state index in [4.69, 9.17) is 9.52 Å².